The van der Waals surface area contributed by atoms with Crippen molar-refractivity contribution in [3.8, 4) is 0 Å². The number of rotatable bonds is 5. The molecule has 0 aromatic heterocycles. The molecule has 0 aromatic carbocycles. The van der Waals surface area contributed by atoms with Gasteiger partial charge >= 0.3 is 0 Å². The molecule has 0 atom stereocenters. The summed E-state index contributed by atoms with van der Waals surface area (Å²) in [5.41, 5.74) is 0.307. The molecule has 1 N–H and O–H groups in total. The quantitative estimate of drug-likeness (QED) is 0.579. The van der Waals surface area contributed by atoms with Crippen molar-refractivity contribution in [2.45, 2.75) is 38.6 Å². The third-order valence-electron chi connectivity index (χ3n) is 2.42. The van der Waals surface area contributed by atoms with E-state index in [0.29, 0.717) is 5.54 Å². The Hall–Kier alpha value is -0.300. The van der Waals surface area contributed by atoms with Crippen LogP contribution in [0.25, 0.3) is 0 Å². The topological polar surface area (TPSA) is 12.0 Å². The molecule has 0 rings (SSSR count). The first-order chi connectivity index (χ1) is 4.74. The Morgan fingerprint density at radius 3 is 2.00 bits per heavy atom. The van der Waals surface area contributed by atoms with Crippen molar-refractivity contribution in [1.29, 1.82) is 0 Å². The molecule has 60 valence electrons. The highest BCUT2D eigenvalue weighted by molar-refractivity contribution is 4.90. The van der Waals surface area contributed by atoms with Crippen LogP contribution in [0, 0.1) is 0 Å². The van der Waals surface area contributed by atoms with E-state index in [0.717, 1.165) is 6.42 Å². The third-order valence-corrected chi connectivity index (χ3v) is 2.42. The molecule has 0 aromatic rings. The molecule has 0 spiro atoms. The lowest BCUT2D eigenvalue weighted by molar-refractivity contribution is 0.328. The highest BCUT2D eigenvalue weighted by Gasteiger charge is 2.20. The lowest BCUT2D eigenvalue weighted by Crippen LogP contribution is -2.41. The maximum Gasteiger partial charge on any atom is 0.0207 e. The zero-order chi connectivity index (χ0) is 8.04. The SMILES string of the molecule is C=CCC(CC)(CC)NC. The second-order valence-corrected chi connectivity index (χ2v) is 2.73. The van der Waals surface area contributed by atoms with Gasteiger partial charge in [0.15, 0.2) is 0 Å². The molecule has 0 aliphatic heterocycles. The summed E-state index contributed by atoms with van der Waals surface area (Å²) >= 11 is 0. The molecule has 0 aliphatic rings. The van der Waals surface area contributed by atoms with Crippen molar-refractivity contribution in [3.63, 3.8) is 0 Å². The summed E-state index contributed by atoms with van der Waals surface area (Å²) < 4.78 is 0. The summed E-state index contributed by atoms with van der Waals surface area (Å²) in [5.74, 6) is 0. The first kappa shape index (κ1) is 9.70. The van der Waals surface area contributed by atoms with Crippen LogP contribution in [0.5, 0.6) is 0 Å². The second-order valence-electron chi connectivity index (χ2n) is 2.73. The van der Waals surface area contributed by atoms with E-state index < -0.39 is 0 Å². The maximum atomic E-state index is 3.75. The van der Waals surface area contributed by atoms with Crippen molar-refractivity contribution >= 4 is 0 Å². The highest BCUT2D eigenvalue weighted by Crippen LogP contribution is 2.18. The van der Waals surface area contributed by atoms with Gasteiger partial charge in [0.2, 0.25) is 0 Å². The summed E-state index contributed by atoms with van der Waals surface area (Å²) in [4.78, 5) is 0. The van der Waals surface area contributed by atoms with Gasteiger partial charge in [-0.2, -0.15) is 0 Å². The number of nitrogens with one attached hydrogen (secondary N) is 1. The van der Waals surface area contributed by atoms with Crippen LogP contribution in [-0.4, -0.2) is 12.6 Å². The lowest BCUT2D eigenvalue weighted by Gasteiger charge is -2.29. The molecule has 0 unspecified atom stereocenters. The van der Waals surface area contributed by atoms with Gasteiger partial charge in [0.1, 0.15) is 0 Å². The zero-order valence-corrected chi connectivity index (χ0v) is 7.41. The number of hydrogen-bond donors (Lipinski definition) is 1. The minimum absolute atomic E-state index is 0.307. The maximum absolute atomic E-state index is 3.75. The van der Waals surface area contributed by atoms with Crippen LogP contribution >= 0.6 is 0 Å². The smallest absolute Gasteiger partial charge is 0.0207 e. The fourth-order valence-corrected chi connectivity index (χ4v) is 1.27. The van der Waals surface area contributed by atoms with E-state index in [1.54, 1.807) is 0 Å². The molecule has 0 saturated carbocycles. The minimum atomic E-state index is 0.307. The average molecular weight is 141 g/mol. The van der Waals surface area contributed by atoms with Gasteiger partial charge in [0.05, 0.1) is 0 Å². The zero-order valence-electron chi connectivity index (χ0n) is 7.41. The summed E-state index contributed by atoms with van der Waals surface area (Å²) in [7, 11) is 2.02. The van der Waals surface area contributed by atoms with Crippen molar-refractivity contribution in [1.82, 2.24) is 5.32 Å². The van der Waals surface area contributed by atoms with Crippen molar-refractivity contribution < 1.29 is 0 Å². The van der Waals surface area contributed by atoms with Gasteiger partial charge in [-0.25, -0.2) is 0 Å². The molecule has 0 amide bonds. The molecule has 0 aliphatic carbocycles. The van der Waals surface area contributed by atoms with Gasteiger partial charge in [-0.05, 0) is 26.3 Å². The van der Waals surface area contributed by atoms with Crippen molar-refractivity contribution in [2.75, 3.05) is 7.05 Å². The number of hydrogen-bond acceptors (Lipinski definition) is 1. The summed E-state index contributed by atoms with van der Waals surface area (Å²) in [6.07, 6.45) is 5.40. The van der Waals surface area contributed by atoms with E-state index in [9.17, 15) is 0 Å². The third kappa shape index (κ3) is 2.14. The van der Waals surface area contributed by atoms with Gasteiger partial charge < -0.3 is 5.32 Å². The van der Waals surface area contributed by atoms with Crippen LogP contribution < -0.4 is 5.32 Å². The molecule has 0 heterocycles. The average Bonchev–Trinajstić information content (AvgIpc) is 2.01. The molecule has 0 fully saturated rings. The molecular formula is C9H19N. The summed E-state index contributed by atoms with van der Waals surface area (Å²) in [6, 6.07) is 0. The van der Waals surface area contributed by atoms with Crippen LogP contribution in [0.3, 0.4) is 0 Å². The van der Waals surface area contributed by atoms with Gasteiger partial charge in [0, 0.05) is 5.54 Å². The Morgan fingerprint density at radius 2 is 1.90 bits per heavy atom. The van der Waals surface area contributed by atoms with Crippen LogP contribution in [0.1, 0.15) is 33.1 Å². The molecule has 0 bridgehead atoms. The molecule has 1 nitrogen and oxygen atoms in total. The van der Waals surface area contributed by atoms with E-state index in [2.05, 4.69) is 25.7 Å². The van der Waals surface area contributed by atoms with Crippen molar-refractivity contribution in [3.05, 3.63) is 12.7 Å². The highest BCUT2D eigenvalue weighted by atomic mass is 14.9. The minimum Gasteiger partial charge on any atom is -0.314 e. The van der Waals surface area contributed by atoms with E-state index in [1.165, 1.54) is 12.8 Å². The molecule has 0 radical (unpaired) electrons. The fourth-order valence-electron chi connectivity index (χ4n) is 1.27. The first-order valence-electron chi connectivity index (χ1n) is 4.04. The molecule has 10 heavy (non-hydrogen) atoms. The van der Waals surface area contributed by atoms with E-state index >= 15 is 0 Å². The largest absolute Gasteiger partial charge is 0.314 e. The van der Waals surface area contributed by atoms with Crippen LogP contribution in [0.15, 0.2) is 12.7 Å². The van der Waals surface area contributed by atoms with Gasteiger partial charge in [-0.1, -0.05) is 19.9 Å². The Morgan fingerprint density at radius 1 is 1.40 bits per heavy atom. The Kier molecular flexibility index (Phi) is 4.37. The van der Waals surface area contributed by atoms with Gasteiger partial charge in [-0.15, -0.1) is 6.58 Å². The van der Waals surface area contributed by atoms with E-state index in [4.69, 9.17) is 0 Å². The van der Waals surface area contributed by atoms with Gasteiger partial charge in [-0.3, -0.25) is 0 Å². The first-order valence-corrected chi connectivity index (χ1v) is 4.04. The van der Waals surface area contributed by atoms with Gasteiger partial charge in [0.25, 0.3) is 0 Å². The normalized spacial score (nSPS) is 11.5. The monoisotopic (exact) mass is 141 g/mol. The molecular weight excluding hydrogens is 122 g/mol. The molecule has 0 saturated heterocycles. The second kappa shape index (κ2) is 4.51. The van der Waals surface area contributed by atoms with E-state index in [1.807, 2.05) is 13.1 Å². The predicted molar refractivity (Wildman–Crippen MR) is 47.2 cm³/mol. The Balaban J connectivity index is 4.00. The lowest BCUT2D eigenvalue weighted by atomic mass is 9.89. The Bertz CT molecular complexity index is 84.6. The fraction of sp³-hybridized carbons (Fsp3) is 0.778. The predicted octanol–water partition coefficient (Wildman–Crippen LogP) is 2.34. The molecule has 1 heteroatoms. The standard InChI is InChI=1S/C9H19N/c1-5-8-9(6-2,7-3)10-4/h5,10H,1,6-8H2,2-4H3. The van der Waals surface area contributed by atoms with Crippen LogP contribution in [0.4, 0.5) is 0 Å². The van der Waals surface area contributed by atoms with Crippen molar-refractivity contribution in [2.24, 2.45) is 0 Å². The van der Waals surface area contributed by atoms with Crippen LogP contribution in [0.2, 0.25) is 0 Å². The Labute approximate surface area is 64.5 Å². The summed E-state index contributed by atoms with van der Waals surface area (Å²) in [6.45, 7) is 8.17. The van der Waals surface area contributed by atoms with Crippen LogP contribution in [-0.2, 0) is 0 Å². The summed E-state index contributed by atoms with van der Waals surface area (Å²) in [5, 5.41) is 3.34. The van der Waals surface area contributed by atoms with E-state index in [-0.39, 0.29) is 0 Å².